The second kappa shape index (κ2) is 7.04. The summed E-state index contributed by atoms with van der Waals surface area (Å²) in [5.74, 6) is 1.21. The number of nitrogens with zero attached hydrogens (tertiary/aromatic N) is 1. The number of piperidine rings is 1. The smallest absolute Gasteiger partial charge is 0.264 e. The van der Waals surface area contributed by atoms with Crippen LogP contribution in [-0.2, 0) is 11.3 Å². The molecule has 2 atom stereocenters. The van der Waals surface area contributed by atoms with E-state index in [9.17, 15) is 9.18 Å². The van der Waals surface area contributed by atoms with Crippen molar-refractivity contribution in [1.82, 2.24) is 4.90 Å². The highest BCUT2D eigenvalue weighted by molar-refractivity contribution is 7.21. The molecule has 3 nitrogen and oxygen atoms in total. The van der Waals surface area contributed by atoms with Crippen molar-refractivity contribution < 1.29 is 13.9 Å². The zero-order chi connectivity index (χ0) is 17.4. The largest absolute Gasteiger partial charge is 0.380 e. The Bertz CT molecular complexity index is 787. The van der Waals surface area contributed by atoms with Gasteiger partial charge in [0.25, 0.3) is 5.91 Å². The molecule has 0 unspecified atom stereocenters. The van der Waals surface area contributed by atoms with E-state index in [4.69, 9.17) is 4.74 Å². The van der Waals surface area contributed by atoms with Crippen LogP contribution in [-0.4, -0.2) is 31.0 Å². The van der Waals surface area contributed by atoms with Crippen molar-refractivity contribution in [3.63, 3.8) is 0 Å². The number of thiophene rings is 1. The number of halogens is 1. The van der Waals surface area contributed by atoms with E-state index in [0.717, 1.165) is 30.1 Å². The molecule has 2 aromatic rings. The number of rotatable bonds is 3. The molecule has 1 aliphatic heterocycles. The van der Waals surface area contributed by atoms with Gasteiger partial charge in [0.05, 0.1) is 11.5 Å². The quantitative estimate of drug-likeness (QED) is 0.783. The summed E-state index contributed by atoms with van der Waals surface area (Å²) < 4.78 is 20.4. The van der Waals surface area contributed by atoms with E-state index < -0.39 is 0 Å². The van der Waals surface area contributed by atoms with Gasteiger partial charge in [0, 0.05) is 35.8 Å². The minimum absolute atomic E-state index is 0.0525. The molecule has 0 radical (unpaired) electrons. The highest BCUT2D eigenvalue weighted by atomic mass is 32.1. The fourth-order valence-corrected chi connectivity index (χ4v) is 5.74. The molecule has 1 saturated heterocycles. The van der Waals surface area contributed by atoms with Crippen molar-refractivity contribution in [2.45, 2.75) is 38.7 Å². The van der Waals surface area contributed by atoms with Gasteiger partial charge < -0.3 is 9.64 Å². The van der Waals surface area contributed by atoms with Crippen LogP contribution >= 0.6 is 11.3 Å². The lowest BCUT2D eigenvalue weighted by Crippen LogP contribution is -2.44. The monoisotopic (exact) mass is 361 g/mol. The Morgan fingerprint density at radius 3 is 2.88 bits per heavy atom. The second-order valence-corrected chi connectivity index (χ2v) is 8.35. The molecule has 0 spiro atoms. The first-order valence-electron chi connectivity index (χ1n) is 9.17. The van der Waals surface area contributed by atoms with Gasteiger partial charge in [-0.1, -0.05) is 25.3 Å². The van der Waals surface area contributed by atoms with Crippen molar-refractivity contribution in [2.24, 2.45) is 11.8 Å². The van der Waals surface area contributed by atoms with Gasteiger partial charge in [-0.15, -0.1) is 11.3 Å². The number of carbonyl (C=O) groups is 1. The van der Waals surface area contributed by atoms with Crippen LogP contribution in [0.5, 0.6) is 0 Å². The SMILES string of the molecule is COCc1c(C(=O)N2CC[C@H]3CCCC[C@H]3C2)sc2cccc(F)c12. The highest BCUT2D eigenvalue weighted by Gasteiger charge is 2.34. The van der Waals surface area contributed by atoms with Gasteiger partial charge in [0.1, 0.15) is 5.82 Å². The average molecular weight is 361 g/mol. The third-order valence-electron chi connectivity index (χ3n) is 5.82. The van der Waals surface area contributed by atoms with E-state index in [2.05, 4.69) is 0 Å². The Morgan fingerprint density at radius 1 is 1.28 bits per heavy atom. The second-order valence-electron chi connectivity index (χ2n) is 7.30. The van der Waals surface area contributed by atoms with Gasteiger partial charge in [-0.3, -0.25) is 4.79 Å². The van der Waals surface area contributed by atoms with E-state index in [1.807, 2.05) is 11.0 Å². The first kappa shape index (κ1) is 17.0. The van der Waals surface area contributed by atoms with Crippen molar-refractivity contribution in [3.05, 3.63) is 34.5 Å². The number of ether oxygens (including phenoxy) is 1. The van der Waals surface area contributed by atoms with Crippen molar-refractivity contribution in [2.75, 3.05) is 20.2 Å². The summed E-state index contributed by atoms with van der Waals surface area (Å²) in [5, 5.41) is 0.547. The number of amides is 1. The van der Waals surface area contributed by atoms with Crippen LogP contribution in [0.1, 0.15) is 47.3 Å². The van der Waals surface area contributed by atoms with Gasteiger partial charge in [0.15, 0.2) is 0 Å². The number of hydrogen-bond acceptors (Lipinski definition) is 3. The van der Waals surface area contributed by atoms with Gasteiger partial charge >= 0.3 is 0 Å². The molecule has 0 bridgehead atoms. The lowest BCUT2D eigenvalue weighted by Gasteiger charge is -2.41. The number of methoxy groups -OCH3 is 1. The molecule has 2 aliphatic rings. The standard InChI is InChI=1S/C20H24FNO2S/c1-24-12-15-18-16(21)7-4-8-17(18)25-19(15)20(23)22-10-9-13-5-2-3-6-14(13)11-22/h4,7-8,13-14H,2-3,5-6,9-12H2,1H3/t13-,14+/m1/s1. The van der Waals surface area contributed by atoms with Gasteiger partial charge in [0.2, 0.25) is 0 Å². The molecule has 4 rings (SSSR count). The normalized spacial score (nSPS) is 23.7. The fourth-order valence-electron chi connectivity index (χ4n) is 4.55. The van der Waals surface area contributed by atoms with Crippen molar-refractivity contribution in [3.8, 4) is 0 Å². The maximum Gasteiger partial charge on any atom is 0.264 e. The minimum atomic E-state index is -0.272. The summed E-state index contributed by atoms with van der Waals surface area (Å²) in [5.41, 5.74) is 0.705. The number of hydrogen-bond donors (Lipinski definition) is 0. The molecule has 1 saturated carbocycles. The predicted molar refractivity (Wildman–Crippen MR) is 98.5 cm³/mol. The van der Waals surface area contributed by atoms with Crippen LogP contribution in [0.25, 0.3) is 10.1 Å². The summed E-state index contributed by atoms with van der Waals surface area (Å²) in [6, 6.07) is 5.04. The summed E-state index contributed by atoms with van der Waals surface area (Å²) in [7, 11) is 1.59. The van der Waals surface area contributed by atoms with E-state index >= 15 is 0 Å². The molecule has 1 aromatic carbocycles. The summed E-state index contributed by atoms with van der Waals surface area (Å²) in [4.78, 5) is 15.9. The number of fused-ring (bicyclic) bond motifs is 2. The fraction of sp³-hybridized carbons (Fsp3) is 0.550. The molecule has 1 aromatic heterocycles. The average Bonchev–Trinajstić information content (AvgIpc) is 3.01. The van der Waals surface area contributed by atoms with Crippen LogP contribution in [0, 0.1) is 17.7 Å². The molecular weight excluding hydrogens is 337 g/mol. The molecule has 1 aliphatic carbocycles. The summed E-state index contributed by atoms with van der Waals surface area (Å²) in [6.45, 7) is 1.94. The van der Waals surface area contributed by atoms with Crippen molar-refractivity contribution in [1.29, 1.82) is 0 Å². The molecule has 0 N–H and O–H groups in total. The third kappa shape index (κ3) is 3.08. The molecule has 2 fully saturated rings. The van der Waals surface area contributed by atoms with Crippen LogP contribution < -0.4 is 0 Å². The maximum absolute atomic E-state index is 14.3. The molecular formula is C20H24FNO2S. The topological polar surface area (TPSA) is 29.5 Å². The Balaban J connectivity index is 1.65. The molecule has 134 valence electrons. The van der Waals surface area contributed by atoms with Gasteiger partial charge in [-0.2, -0.15) is 0 Å². The van der Waals surface area contributed by atoms with Crippen LogP contribution in [0.4, 0.5) is 4.39 Å². The van der Waals surface area contributed by atoms with Gasteiger partial charge in [-0.25, -0.2) is 4.39 Å². The number of likely N-dealkylation sites (tertiary alicyclic amines) is 1. The third-order valence-corrected chi connectivity index (χ3v) is 7.01. The number of benzene rings is 1. The Morgan fingerprint density at radius 2 is 2.08 bits per heavy atom. The first-order chi connectivity index (χ1) is 12.2. The van der Waals surface area contributed by atoms with E-state index in [1.165, 1.54) is 43.1 Å². The Labute approximate surface area is 151 Å². The number of carbonyl (C=O) groups excluding carboxylic acids is 1. The lowest BCUT2D eigenvalue weighted by atomic mass is 9.75. The van der Waals surface area contributed by atoms with E-state index in [0.29, 0.717) is 21.7 Å². The summed E-state index contributed by atoms with van der Waals surface area (Å²) >= 11 is 1.40. The van der Waals surface area contributed by atoms with Crippen LogP contribution in [0.2, 0.25) is 0 Å². The van der Waals surface area contributed by atoms with Crippen molar-refractivity contribution >= 4 is 27.3 Å². The van der Waals surface area contributed by atoms with Crippen LogP contribution in [0.3, 0.4) is 0 Å². The van der Waals surface area contributed by atoms with E-state index in [-0.39, 0.29) is 18.3 Å². The lowest BCUT2D eigenvalue weighted by molar-refractivity contribution is 0.0522. The molecule has 25 heavy (non-hydrogen) atoms. The highest BCUT2D eigenvalue weighted by Crippen LogP contribution is 2.39. The van der Waals surface area contributed by atoms with Gasteiger partial charge in [-0.05, 0) is 36.8 Å². The van der Waals surface area contributed by atoms with Crippen LogP contribution in [0.15, 0.2) is 18.2 Å². The minimum Gasteiger partial charge on any atom is -0.380 e. The van der Waals surface area contributed by atoms with E-state index in [1.54, 1.807) is 13.2 Å². The maximum atomic E-state index is 14.3. The first-order valence-corrected chi connectivity index (χ1v) is 9.98. The zero-order valence-electron chi connectivity index (χ0n) is 14.6. The Kier molecular flexibility index (Phi) is 4.78. The summed E-state index contributed by atoms with van der Waals surface area (Å²) in [6.07, 6.45) is 6.28. The molecule has 1 amide bonds. The predicted octanol–water partition coefficient (Wildman–Crippen LogP) is 4.84. The molecule has 2 heterocycles. The zero-order valence-corrected chi connectivity index (χ0v) is 15.4. The molecule has 5 heteroatoms. The Hall–Kier alpha value is -1.46.